The zero-order chi connectivity index (χ0) is 13.6. The van der Waals surface area contributed by atoms with E-state index >= 15 is 0 Å². The minimum Gasteiger partial charge on any atom is -0.480 e. The maximum Gasteiger partial charge on any atom is 0.323 e. The van der Waals surface area contributed by atoms with Crippen LogP contribution in [0.2, 0.25) is 0 Å². The third-order valence-corrected chi connectivity index (χ3v) is 3.98. The van der Waals surface area contributed by atoms with Gasteiger partial charge in [-0.25, -0.2) is 4.98 Å². The van der Waals surface area contributed by atoms with Crippen LogP contribution in [0.15, 0.2) is 5.16 Å². The number of aromatic nitrogens is 3. The molecule has 0 aromatic carbocycles. The summed E-state index contributed by atoms with van der Waals surface area (Å²) < 4.78 is 0. The summed E-state index contributed by atoms with van der Waals surface area (Å²) in [5.41, 5.74) is -0.810. The van der Waals surface area contributed by atoms with Crippen LogP contribution in [-0.4, -0.2) is 44.6 Å². The molecule has 3 N–H and O–H groups in total. The number of aryl methyl sites for hydroxylation is 1. The van der Waals surface area contributed by atoms with Crippen LogP contribution in [0, 0.1) is 6.92 Å². The predicted octanol–water partition coefficient (Wildman–Crippen LogP) is 1.44. The van der Waals surface area contributed by atoms with Gasteiger partial charge < -0.3 is 10.4 Å². The Kier molecular flexibility index (Phi) is 5.61. The topological polar surface area (TPSA) is 90.9 Å². The smallest absolute Gasteiger partial charge is 0.323 e. The van der Waals surface area contributed by atoms with E-state index in [9.17, 15) is 9.90 Å². The highest BCUT2D eigenvalue weighted by Gasteiger charge is 2.33. The molecule has 0 aliphatic rings. The average Bonchev–Trinajstić information content (AvgIpc) is 2.75. The summed E-state index contributed by atoms with van der Waals surface area (Å²) in [7, 11) is 1.70. The average molecular weight is 272 g/mol. The monoisotopic (exact) mass is 272 g/mol. The van der Waals surface area contributed by atoms with E-state index in [0.717, 1.165) is 23.2 Å². The van der Waals surface area contributed by atoms with Gasteiger partial charge in [0.2, 0.25) is 5.16 Å². The highest BCUT2D eigenvalue weighted by molar-refractivity contribution is 7.99. The third kappa shape index (κ3) is 3.71. The Labute approximate surface area is 111 Å². The fraction of sp³-hybridized carbons (Fsp3) is 0.727. The molecular formula is C11H20N4O2S. The molecule has 0 saturated carbocycles. The van der Waals surface area contributed by atoms with Crippen LogP contribution < -0.4 is 5.32 Å². The fourth-order valence-corrected chi connectivity index (χ4v) is 2.55. The predicted molar refractivity (Wildman–Crippen MR) is 70.8 cm³/mol. The molecule has 1 atom stereocenters. The van der Waals surface area contributed by atoms with Crippen molar-refractivity contribution >= 4 is 17.7 Å². The molecule has 6 nitrogen and oxygen atoms in total. The molecular weight excluding hydrogens is 252 g/mol. The summed E-state index contributed by atoms with van der Waals surface area (Å²) in [5.74, 6) is 0.820. The van der Waals surface area contributed by atoms with Crippen molar-refractivity contribution in [3.63, 3.8) is 0 Å². The lowest BCUT2D eigenvalue weighted by atomic mass is 9.91. The van der Waals surface area contributed by atoms with Crippen LogP contribution >= 0.6 is 11.8 Å². The van der Waals surface area contributed by atoms with Gasteiger partial charge in [-0.05, 0) is 33.2 Å². The number of carboxylic acid groups (broad SMARTS) is 1. The number of aromatic amines is 1. The second-order valence-electron chi connectivity index (χ2n) is 4.15. The molecule has 0 fully saturated rings. The zero-order valence-electron chi connectivity index (χ0n) is 11.0. The molecule has 1 heterocycles. The highest BCUT2D eigenvalue weighted by atomic mass is 32.2. The summed E-state index contributed by atoms with van der Waals surface area (Å²) in [6.07, 6.45) is 1.98. The molecule has 18 heavy (non-hydrogen) atoms. The van der Waals surface area contributed by atoms with Crippen molar-refractivity contribution in [2.24, 2.45) is 0 Å². The van der Waals surface area contributed by atoms with Crippen molar-refractivity contribution in [3.05, 3.63) is 5.82 Å². The van der Waals surface area contributed by atoms with Crippen molar-refractivity contribution in [2.45, 2.75) is 43.8 Å². The highest BCUT2D eigenvalue weighted by Crippen LogP contribution is 2.21. The number of H-pyrrole nitrogens is 1. The van der Waals surface area contributed by atoms with Crippen LogP contribution in [0.4, 0.5) is 0 Å². The first-order valence-corrected chi connectivity index (χ1v) is 6.96. The number of carboxylic acids is 1. The van der Waals surface area contributed by atoms with E-state index in [1.54, 1.807) is 18.8 Å². The second-order valence-corrected chi connectivity index (χ2v) is 5.21. The van der Waals surface area contributed by atoms with Crippen molar-refractivity contribution in [3.8, 4) is 0 Å². The van der Waals surface area contributed by atoms with Gasteiger partial charge in [0, 0.05) is 5.75 Å². The second kappa shape index (κ2) is 6.75. The van der Waals surface area contributed by atoms with Gasteiger partial charge in [0.05, 0.1) is 0 Å². The Balaban J connectivity index is 2.38. The number of hydrogen-bond acceptors (Lipinski definition) is 5. The van der Waals surface area contributed by atoms with Gasteiger partial charge in [-0.2, -0.15) is 0 Å². The number of hydrogen-bond donors (Lipinski definition) is 3. The Morgan fingerprint density at radius 3 is 2.78 bits per heavy atom. The first kappa shape index (κ1) is 15.0. The van der Waals surface area contributed by atoms with Crippen LogP contribution in [0.25, 0.3) is 0 Å². The molecule has 1 aromatic heterocycles. The summed E-state index contributed by atoms with van der Waals surface area (Å²) in [4.78, 5) is 15.4. The number of aliphatic carboxylic acids is 1. The van der Waals surface area contributed by atoms with Crippen molar-refractivity contribution in [2.75, 3.05) is 12.8 Å². The quantitative estimate of drug-likeness (QED) is 0.490. The largest absolute Gasteiger partial charge is 0.480 e. The molecule has 1 rings (SSSR count). The molecule has 0 saturated heterocycles. The van der Waals surface area contributed by atoms with Crippen molar-refractivity contribution in [1.82, 2.24) is 20.5 Å². The van der Waals surface area contributed by atoms with E-state index in [2.05, 4.69) is 20.5 Å². The van der Waals surface area contributed by atoms with E-state index in [-0.39, 0.29) is 0 Å². The molecule has 1 aromatic rings. The number of carbonyl (C=O) groups is 1. The van der Waals surface area contributed by atoms with E-state index in [1.807, 2.05) is 13.8 Å². The summed E-state index contributed by atoms with van der Waals surface area (Å²) in [6, 6.07) is 0. The lowest BCUT2D eigenvalue weighted by Crippen LogP contribution is -2.49. The SMILES string of the molecule is CCC(CCCSc1n[nH]c(C)n1)(NC)C(=O)O. The minimum atomic E-state index is -0.810. The molecule has 1 unspecified atom stereocenters. The van der Waals surface area contributed by atoms with Gasteiger partial charge >= 0.3 is 5.97 Å². The number of nitrogens with one attached hydrogen (secondary N) is 2. The molecule has 0 aliphatic heterocycles. The molecule has 7 heteroatoms. The molecule has 0 aliphatic carbocycles. The molecule has 0 bridgehead atoms. The normalized spacial score (nSPS) is 14.4. The number of likely N-dealkylation sites (N-methyl/N-ethyl adjacent to an activating group) is 1. The van der Waals surface area contributed by atoms with Crippen LogP contribution in [0.1, 0.15) is 32.0 Å². The lowest BCUT2D eigenvalue weighted by molar-refractivity contribution is -0.145. The van der Waals surface area contributed by atoms with E-state index in [1.165, 1.54) is 0 Å². The zero-order valence-corrected chi connectivity index (χ0v) is 11.8. The van der Waals surface area contributed by atoms with Gasteiger partial charge in [-0.1, -0.05) is 18.7 Å². The Morgan fingerprint density at radius 2 is 2.33 bits per heavy atom. The minimum absolute atomic E-state index is 0.573. The van der Waals surface area contributed by atoms with Crippen LogP contribution in [0.5, 0.6) is 0 Å². The molecule has 0 radical (unpaired) electrons. The first-order valence-electron chi connectivity index (χ1n) is 5.98. The first-order chi connectivity index (χ1) is 8.54. The summed E-state index contributed by atoms with van der Waals surface area (Å²) in [6.45, 7) is 3.74. The van der Waals surface area contributed by atoms with Crippen LogP contribution in [-0.2, 0) is 4.79 Å². The van der Waals surface area contributed by atoms with Crippen molar-refractivity contribution < 1.29 is 9.90 Å². The van der Waals surface area contributed by atoms with Crippen LogP contribution in [0.3, 0.4) is 0 Å². The summed E-state index contributed by atoms with van der Waals surface area (Å²) in [5, 5.41) is 19.7. The van der Waals surface area contributed by atoms with Crippen molar-refractivity contribution in [1.29, 1.82) is 0 Å². The van der Waals surface area contributed by atoms with Gasteiger partial charge in [-0.15, -0.1) is 5.10 Å². The van der Waals surface area contributed by atoms with Gasteiger partial charge in [-0.3, -0.25) is 9.89 Å². The summed E-state index contributed by atoms with van der Waals surface area (Å²) >= 11 is 1.54. The van der Waals surface area contributed by atoms with E-state index in [0.29, 0.717) is 12.8 Å². The Hall–Kier alpha value is -1.08. The van der Waals surface area contributed by atoms with Gasteiger partial charge in [0.1, 0.15) is 11.4 Å². The maximum absolute atomic E-state index is 11.3. The molecule has 0 amide bonds. The van der Waals surface area contributed by atoms with E-state index in [4.69, 9.17) is 0 Å². The molecule has 0 spiro atoms. The number of rotatable bonds is 8. The maximum atomic E-state index is 11.3. The number of nitrogens with zero attached hydrogens (tertiary/aromatic N) is 2. The van der Waals surface area contributed by atoms with Gasteiger partial charge in [0.25, 0.3) is 0 Å². The fourth-order valence-electron chi connectivity index (χ4n) is 1.77. The van der Waals surface area contributed by atoms with Gasteiger partial charge in [0.15, 0.2) is 0 Å². The molecule has 102 valence electrons. The third-order valence-electron chi connectivity index (χ3n) is 3.05. The Morgan fingerprint density at radius 1 is 1.61 bits per heavy atom. The number of thioether (sulfide) groups is 1. The Bertz CT molecular complexity index is 390. The standard InChI is InChI=1S/C11H20N4O2S/c1-4-11(12-3,9(16)17)6-5-7-18-10-13-8(2)14-15-10/h12H,4-7H2,1-3H3,(H,16,17)(H,13,14,15). The lowest BCUT2D eigenvalue weighted by Gasteiger charge is -2.27. The van der Waals surface area contributed by atoms with E-state index < -0.39 is 11.5 Å².